The van der Waals surface area contributed by atoms with Gasteiger partial charge in [0.25, 0.3) is 11.8 Å². The zero-order valence-corrected chi connectivity index (χ0v) is 37.4. The van der Waals surface area contributed by atoms with Crippen molar-refractivity contribution in [2.24, 2.45) is 5.73 Å². The van der Waals surface area contributed by atoms with Crippen LogP contribution in [0.2, 0.25) is 0 Å². The molecule has 0 radical (unpaired) electrons. The van der Waals surface area contributed by atoms with Crippen molar-refractivity contribution in [1.29, 1.82) is 0 Å². The number of nitrogens with one attached hydrogen (secondary N) is 6. The zero-order valence-electron chi connectivity index (χ0n) is 37.4. The molecule has 0 saturated heterocycles. The number of nitrogens with zero attached hydrogens (tertiary/aromatic N) is 2. The molecule has 2 heterocycles. The maximum absolute atomic E-state index is 13.1. The number of nitrogens with two attached hydrogens (primary N) is 1. The zero-order chi connectivity index (χ0) is 51.9. The molecule has 71 heavy (non-hydrogen) atoms. The highest BCUT2D eigenvalue weighted by molar-refractivity contribution is 6.01. The van der Waals surface area contributed by atoms with Crippen molar-refractivity contribution >= 4 is 58.5 Å². The van der Waals surface area contributed by atoms with Crippen molar-refractivity contribution in [2.45, 2.75) is 25.2 Å². The first-order chi connectivity index (χ1) is 33.6. The van der Waals surface area contributed by atoms with Gasteiger partial charge in [0.15, 0.2) is 0 Å². The number of halogens is 6. The first-order valence-corrected chi connectivity index (χ1v) is 20.5. The van der Waals surface area contributed by atoms with Gasteiger partial charge < -0.3 is 51.8 Å². The van der Waals surface area contributed by atoms with E-state index in [-0.39, 0.29) is 58.5 Å². The number of pyridine rings is 2. The van der Waals surface area contributed by atoms with Gasteiger partial charge in [-0.05, 0) is 96.1 Å². The molecule has 0 fully saturated rings. The van der Waals surface area contributed by atoms with Crippen LogP contribution in [0.4, 0.5) is 58.7 Å². The number of amides is 7. The Morgan fingerprint density at radius 3 is 1.27 bits per heavy atom. The number of rotatable bonds is 14. The van der Waals surface area contributed by atoms with E-state index in [9.17, 15) is 55.1 Å². The summed E-state index contributed by atoms with van der Waals surface area (Å²) in [6.07, 6.45) is -7.11. The van der Waals surface area contributed by atoms with Gasteiger partial charge in [0.2, 0.25) is 5.91 Å². The van der Waals surface area contributed by atoms with Crippen LogP contribution < -0.4 is 47.1 Å². The lowest BCUT2D eigenvalue weighted by atomic mass is 10.1. The number of urea groups is 2. The first-order valence-electron chi connectivity index (χ1n) is 20.5. The number of aromatic nitrogens is 2. The van der Waals surface area contributed by atoms with Gasteiger partial charge in [0.05, 0.1) is 31.1 Å². The lowest BCUT2D eigenvalue weighted by molar-refractivity contribution is -0.140. The maximum atomic E-state index is 13.1. The van der Waals surface area contributed by atoms with Crippen LogP contribution in [0.3, 0.4) is 0 Å². The van der Waals surface area contributed by atoms with Crippen molar-refractivity contribution in [1.82, 2.24) is 20.6 Å². The Morgan fingerprint density at radius 1 is 0.521 bits per heavy atom. The number of primary amides is 1. The lowest BCUT2D eigenvalue weighted by Gasteiger charge is -2.15. The largest absolute Gasteiger partial charge is 0.469 e. The summed E-state index contributed by atoms with van der Waals surface area (Å²) in [5.74, 6) is -0.665. The molecule has 24 heteroatoms. The van der Waals surface area contributed by atoms with Crippen LogP contribution in [-0.2, 0) is 39.5 Å². The van der Waals surface area contributed by atoms with Gasteiger partial charge in [0, 0.05) is 61.4 Å². The normalized spacial score (nSPS) is 10.8. The molecule has 6 aromatic rings. The summed E-state index contributed by atoms with van der Waals surface area (Å²) in [6, 6.07) is 21.9. The van der Waals surface area contributed by atoms with Crippen LogP contribution in [0, 0.1) is 0 Å². The molecule has 7 amide bonds. The van der Waals surface area contributed by atoms with Gasteiger partial charge in [-0.2, -0.15) is 26.3 Å². The number of esters is 1. The molecule has 8 N–H and O–H groups in total. The van der Waals surface area contributed by atoms with E-state index in [0.717, 1.165) is 43.5 Å². The molecule has 6 rings (SSSR count). The molecule has 0 aliphatic carbocycles. The monoisotopic (exact) mass is 989 g/mol. The highest BCUT2D eigenvalue weighted by Gasteiger charge is 2.32. The summed E-state index contributed by atoms with van der Waals surface area (Å²) in [5.41, 5.74) is 4.07. The third-order valence-electron chi connectivity index (χ3n) is 9.38. The maximum Gasteiger partial charge on any atom is 0.416 e. The van der Waals surface area contributed by atoms with Crippen molar-refractivity contribution in [2.75, 3.05) is 42.5 Å². The fraction of sp³-hybridized carbons (Fsp3) is 0.149. The van der Waals surface area contributed by atoms with Gasteiger partial charge in [-0.3, -0.25) is 29.1 Å². The minimum absolute atomic E-state index is 0.137. The van der Waals surface area contributed by atoms with E-state index in [1.54, 1.807) is 36.4 Å². The molecule has 0 bridgehead atoms. The molecule has 0 aliphatic rings. The Balaban J connectivity index is 0.000000264. The fourth-order valence-corrected chi connectivity index (χ4v) is 5.97. The number of methoxy groups -OCH3 is 1. The standard InChI is InChI=1S/C24H21F3N4O5.C23H20F3N5O4/c1-28-22(33)20-13-18(9-10-29-20)36-17-7-5-16(6-8-17)30-23(34)31-19-12-15(24(25,26)27)4-3-14(19)11-21(32)35-2;1-28-21(33)19-12-17(8-9-29-19)35-16-6-4-15(5-7-16)30-22(34)31-18-11-14(23(24,25)26)3-2-13(18)10-20(27)32/h3-10,12-13H,11H2,1-2H3,(H,28,33)(H2,30,31,34);2-9,11-12H,10H2,1H3,(H2,27,32)(H,28,33)(H2,30,31,34). The molecule has 18 nitrogen and oxygen atoms in total. The van der Waals surface area contributed by atoms with E-state index < -0.39 is 47.4 Å². The number of carbonyl (C=O) groups excluding carboxylic acids is 6. The summed E-state index contributed by atoms with van der Waals surface area (Å²) < 4.78 is 94.5. The van der Waals surface area contributed by atoms with Gasteiger partial charge in [-0.15, -0.1) is 0 Å². The predicted molar refractivity (Wildman–Crippen MR) is 245 cm³/mol. The summed E-state index contributed by atoms with van der Waals surface area (Å²) in [5, 5.41) is 14.6. The molecule has 0 aliphatic heterocycles. The van der Waals surface area contributed by atoms with Gasteiger partial charge >= 0.3 is 30.4 Å². The van der Waals surface area contributed by atoms with E-state index in [1.807, 2.05) is 0 Å². The second-order valence-corrected chi connectivity index (χ2v) is 14.5. The van der Waals surface area contributed by atoms with E-state index in [4.69, 9.17) is 15.2 Å². The third-order valence-corrected chi connectivity index (χ3v) is 9.38. The molecule has 0 atom stereocenters. The van der Waals surface area contributed by atoms with Crippen molar-refractivity contribution in [3.05, 3.63) is 155 Å². The topological polar surface area (TPSA) is 254 Å². The van der Waals surface area contributed by atoms with Gasteiger partial charge in [-0.1, -0.05) is 12.1 Å². The van der Waals surface area contributed by atoms with Crippen LogP contribution >= 0.6 is 0 Å². The number of ether oxygens (including phenoxy) is 3. The smallest absolute Gasteiger partial charge is 0.416 e. The van der Waals surface area contributed by atoms with Crippen LogP contribution in [-0.4, -0.2) is 66.9 Å². The van der Waals surface area contributed by atoms with Crippen LogP contribution in [0.1, 0.15) is 43.2 Å². The molecule has 4 aromatic carbocycles. The summed E-state index contributed by atoms with van der Waals surface area (Å²) in [4.78, 5) is 79.0. The molecular weight excluding hydrogens is 949 g/mol. The van der Waals surface area contributed by atoms with E-state index in [1.165, 1.54) is 62.9 Å². The summed E-state index contributed by atoms with van der Waals surface area (Å²) in [6.45, 7) is 0. The average Bonchev–Trinajstić information content (AvgIpc) is 3.32. The third kappa shape index (κ3) is 15.9. The minimum atomic E-state index is -4.64. The second-order valence-electron chi connectivity index (χ2n) is 14.5. The molecule has 2 aromatic heterocycles. The summed E-state index contributed by atoms with van der Waals surface area (Å²) >= 11 is 0. The van der Waals surface area contributed by atoms with Crippen molar-refractivity contribution in [3.8, 4) is 23.0 Å². The molecule has 0 saturated carbocycles. The number of carbonyl (C=O) groups is 6. The number of anilines is 4. The van der Waals surface area contributed by atoms with Crippen molar-refractivity contribution < 1.29 is 69.3 Å². The minimum Gasteiger partial charge on any atom is -0.469 e. The van der Waals surface area contributed by atoms with Gasteiger partial charge in [0.1, 0.15) is 34.4 Å². The number of hydrogen-bond acceptors (Lipinski definition) is 11. The number of alkyl halides is 6. The molecule has 370 valence electrons. The predicted octanol–water partition coefficient (Wildman–Crippen LogP) is 8.54. The van der Waals surface area contributed by atoms with E-state index in [2.05, 4.69) is 46.6 Å². The first kappa shape index (κ1) is 52.7. The Bertz CT molecular complexity index is 2900. The van der Waals surface area contributed by atoms with Crippen molar-refractivity contribution in [3.63, 3.8) is 0 Å². The number of benzene rings is 4. The quantitative estimate of drug-likeness (QED) is 0.0402. The van der Waals surface area contributed by atoms with E-state index in [0.29, 0.717) is 34.4 Å². The molecular formula is C47H41F6N9O9. The number of hydrogen-bond donors (Lipinski definition) is 7. The van der Waals surface area contributed by atoms with Gasteiger partial charge in [-0.25, -0.2) is 9.59 Å². The Kier molecular flexibility index (Phi) is 17.6. The van der Waals surface area contributed by atoms with Crippen LogP contribution in [0.15, 0.2) is 122 Å². The Labute approximate surface area is 399 Å². The second kappa shape index (κ2) is 23.7. The fourth-order valence-electron chi connectivity index (χ4n) is 5.97. The average molecular weight is 990 g/mol. The highest BCUT2D eigenvalue weighted by atomic mass is 19.4. The van der Waals surface area contributed by atoms with E-state index >= 15 is 0 Å². The molecule has 0 unspecified atom stereocenters. The lowest BCUT2D eigenvalue weighted by Crippen LogP contribution is -2.22. The molecule has 0 spiro atoms. The highest BCUT2D eigenvalue weighted by Crippen LogP contribution is 2.34. The SMILES string of the molecule is CNC(=O)c1cc(Oc2ccc(NC(=O)Nc3cc(C(F)(F)F)ccc3CC(=O)OC)cc2)ccn1.CNC(=O)c1cc(Oc2ccc(NC(=O)Nc3cc(C(F)(F)F)ccc3CC(N)=O)cc2)ccn1. The van der Waals surface area contributed by atoms with Crippen LogP contribution in [0.25, 0.3) is 0 Å². The van der Waals surface area contributed by atoms with Crippen LogP contribution in [0.5, 0.6) is 23.0 Å². The summed E-state index contributed by atoms with van der Waals surface area (Å²) in [7, 11) is 4.10. The Hall–Kier alpha value is -9.22. The Morgan fingerprint density at radius 2 is 0.915 bits per heavy atom.